The minimum Gasteiger partial charge on any atom is -0.319 e. The topological polar surface area (TPSA) is 65.5 Å². The highest BCUT2D eigenvalue weighted by molar-refractivity contribution is 7.98. The van der Waals surface area contributed by atoms with Crippen molar-refractivity contribution in [3.63, 3.8) is 0 Å². The van der Waals surface area contributed by atoms with E-state index in [1.807, 2.05) is 30.3 Å². The summed E-state index contributed by atoms with van der Waals surface area (Å²) in [7, 11) is 0. The summed E-state index contributed by atoms with van der Waals surface area (Å²) in [5.74, 6) is 0. The first-order valence-electron chi connectivity index (χ1n) is 4.41. The number of hydrogen-bond acceptors (Lipinski definition) is 4. The zero-order valence-corrected chi connectivity index (χ0v) is 8.62. The first-order valence-corrected chi connectivity index (χ1v) is 5.29. The van der Waals surface area contributed by atoms with Gasteiger partial charge in [0.15, 0.2) is 0 Å². The Labute approximate surface area is 91.5 Å². The second-order valence-electron chi connectivity index (χ2n) is 2.87. The average molecular weight is 222 g/mol. The molecular formula is C9H10N4OS. The molecule has 2 rings (SSSR count). The molecule has 3 N–H and O–H groups in total. The normalized spacial score (nSPS) is 18.3. The van der Waals surface area contributed by atoms with Gasteiger partial charge in [0.05, 0.1) is 6.21 Å². The second-order valence-corrected chi connectivity index (χ2v) is 3.80. The molecule has 1 aliphatic rings. The molecule has 6 heteroatoms. The minimum absolute atomic E-state index is 0.117. The molecule has 1 heterocycles. The van der Waals surface area contributed by atoms with Crippen molar-refractivity contribution in [2.75, 3.05) is 5.32 Å². The Morgan fingerprint density at radius 2 is 2.20 bits per heavy atom. The van der Waals surface area contributed by atoms with Gasteiger partial charge in [-0.05, 0) is 24.1 Å². The first-order chi connectivity index (χ1) is 7.34. The van der Waals surface area contributed by atoms with Crippen LogP contribution in [0.25, 0.3) is 0 Å². The van der Waals surface area contributed by atoms with Crippen LogP contribution >= 0.6 is 11.9 Å². The van der Waals surface area contributed by atoms with Gasteiger partial charge in [0.25, 0.3) is 0 Å². The Hall–Kier alpha value is -1.69. The molecule has 0 aromatic heterocycles. The molecule has 1 aliphatic heterocycles. The van der Waals surface area contributed by atoms with Crippen molar-refractivity contribution in [2.24, 2.45) is 5.10 Å². The predicted octanol–water partition coefficient (Wildman–Crippen LogP) is 1.37. The molecule has 1 atom stereocenters. The number of para-hydroxylation sites is 1. The summed E-state index contributed by atoms with van der Waals surface area (Å²) in [6.45, 7) is 0. The number of nitrogens with zero attached hydrogens (tertiary/aromatic N) is 1. The highest BCUT2D eigenvalue weighted by Crippen LogP contribution is 2.08. The van der Waals surface area contributed by atoms with Crippen LogP contribution in [0.15, 0.2) is 35.4 Å². The van der Waals surface area contributed by atoms with Crippen molar-refractivity contribution in [3.8, 4) is 0 Å². The standard InChI is InChI=1S/C9H10N4OS/c14-9(12-8-6-10-13-15-8)11-7-4-2-1-3-5-7/h1-6,8,13H,(H2,11,12,14). The highest BCUT2D eigenvalue weighted by Gasteiger charge is 2.13. The van der Waals surface area contributed by atoms with Crippen LogP contribution in [0.5, 0.6) is 0 Å². The Morgan fingerprint density at radius 1 is 1.40 bits per heavy atom. The lowest BCUT2D eigenvalue weighted by atomic mass is 10.3. The van der Waals surface area contributed by atoms with Gasteiger partial charge in [-0.25, -0.2) is 9.63 Å². The summed E-state index contributed by atoms with van der Waals surface area (Å²) in [4.78, 5) is 14.1. The third-order valence-electron chi connectivity index (χ3n) is 1.75. The number of rotatable bonds is 2. The lowest BCUT2D eigenvalue weighted by molar-refractivity contribution is 0.253. The fraction of sp³-hybridized carbons (Fsp3) is 0.111. The van der Waals surface area contributed by atoms with Crippen LogP contribution in [0, 0.1) is 0 Å². The molecule has 0 saturated heterocycles. The molecule has 0 bridgehead atoms. The molecule has 78 valence electrons. The minimum atomic E-state index is -0.242. The van der Waals surface area contributed by atoms with E-state index in [0.29, 0.717) is 0 Å². The summed E-state index contributed by atoms with van der Waals surface area (Å²) in [5.41, 5.74) is 0.767. The summed E-state index contributed by atoms with van der Waals surface area (Å²) in [6, 6.07) is 9.04. The van der Waals surface area contributed by atoms with Crippen molar-refractivity contribution >= 4 is 29.9 Å². The van der Waals surface area contributed by atoms with E-state index in [4.69, 9.17) is 0 Å². The van der Waals surface area contributed by atoms with Gasteiger partial charge in [-0.1, -0.05) is 18.2 Å². The van der Waals surface area contributed by atoms with Gasteiger partial charge in [0.1, 0.15) is 5.37 Å². The van der Waals surface area contributed by atoms with E-state index >= 15 is 0 Å². The van der Waals surface area contributed by atoms with Crippen LogP contribution in [-0.2, 0) is 0 Å². The molecular weight excluding hydrogens is 212 g/mol. The summed E-state index contributed by atoms with van der Waals surface area (Å²) < 4.78 is 0. The van der Waals surface area contributed by atoms with Crippen molar-refractivity contribution < 1.29 is 4.79 Å². The average Bonchev–Trinajstić information content (AvgIpc) is 2.71. The number of urea groups is 1. The third-order valence-corrected chi connectivity index (χ3v) is 2.45. The Bertz CT molecular complexity index is 368. The predicted molar refractivity (Wildman–Crippen MR) is 61.6 cm³/mol. The number of hydrogen-bond donors (Lipinski definition) is 3. The zero-order valence-electron chi connectivity index (χ0n) is 7.81. The maximum Gasteiger partial charge on any atom is 0.320 e. The number of nitrogens with one attached hydrogen (secondary N) is 3. The van der Waals surface area contributed by atoms with Crippen LogP contribution in [0.1, 0.15) is 0 Å². The largest absolute Gasteiger partial charge is 0.320 e. The lowest BCUT2D eigenvalue weighted by Crippen LogP contribution is -2.36. The van der Waals surface area contributed by atoms with Gasteiger partial charge >= 0.3 is 6.03 Å². The van der Waals surface area contributed by atoms with Crippen LogP contribution in [0.4, 0.5) is 10.5 Å². The summed E-state index contributed by atoms with van der Waals surface area (Å²) in [6.07, 6.45) is 1.63. The fourth-order valence-electron chi connectivity index (χ4n) is 1.10. The molecule has 2 amide bonds. The van der Waals surface area contributed by atoms with E-state index in [1.165, 1.54) is 11.9 Å². The van der Waals surface area contributed by atoms with Gasteiger partial charge in [0, 0.05) is 5.69 Å². The van der Waals surface area contributed by atoms with E-state index in [2.05, 4.69) is 20.6 Å². The van der Waals surface area contributed by atoms with Crippen LogP contribution in [-0.4, -0.2) is 17.6 Å². The molecule has 0 saturated carbocycles. The molecule has 0 radical (unpaired) electrons. The molecule has 1 unspecified atom stereocenters. The van der Waals surface area contributed by atoms with Crippen LogP contribution in [0.2, 0.25) is 0 Å². The van der Waals surface area contributed by atoms with Crippen molar-refractivity contribution in [3.05, 3.63) is 30.3 Å². The van der Waals surface area contributed by atoms with Gasteiger partial charge in [-0.15, -0.1) is 0 Å². The van der Waals surface area contributed by atoms with Crippen molar-refractivity contribution in [1.82, 2.24) is 10.1 Å². The highest BCUT2D eigenvalue weighted by atomic mass is 32.2. The van der Waals surface area contributed by atoms with E-state index < -0.39 is 0 Å². The molecule has 1 aromatic carbocycles. The maximum atomic E-state index is 11.4. The molecule has 5 nitrogen and oxygen atoms in total. The third kappa shape index (κ3) is 2.88. The smallest absolute Gasteiger partial charge is 0.319 e. The Morgan fingerprint density at radius 3 is 2.87 bits per heavy atom. The Kier molecular flexibility index (Phi) is 3.08. The number of benzene rings is 1. The number of anilines is 1. The number of hydrazone groups is 1. The summed E-state index contributed by atoms with van der Waals surface area (Å²) >= 11 is 1.34. The van der Waals surface area contributed by atoms with Crippen molar-refractivity contribution in [1.29, 1.82) is 0 Å². The van der Waals surface area contributed by atoms with E-state index in [0.717, 1.165) is 5.69 Å². The molecule has 0 fully saturated rings. The second kappa shape index (κ2) is 4.70. The lowest BCUT2D eigenvalue weighted by Gasteiger charge is -2.09. The van der Waals surface area contributed by atoms with Crippen molar-refractivity contribution in [2.45, 2.75) is 5.37 Å². The number of carbonyl (C=O) groups excluding carboxylic acids is 1. The van der Waals surface area contributed by atoms with Crippen LogP contribution in [0.3, 0.4) is 0 Å². The number of carbonyl (C=O) groups is 1. The van der Waals surface area contributed by atoms with E-state index in [-0.39, 0.29) is 11.4 Å². The SMILES string of the molecule is O=C(Nc1ccccc1)NC1C=NNS1. The van der Waals surface area contributed by atoms with Gasteiger partial charge in [-0.3, -0.25) is 0 Å². The van der Waals surface area contributed by atoms with Gasteiger partial charge < -0.3 is 10.6 Å². The zero-order chi connectivity index (χ0) is 10.5. The van der Waals surface area contributed by atoms with Gasteiger partial charge in [0.2, 0.25) is 0 Å². The van der Waals surface area contributed by atoms with Crippen LogP contribution < -0.4 is 15.5 Å². The quantitative estimate of drug-likeness (QED) is 0.662. The maximum absolute atomic E-state index is 11.4. The van der Waals surface area contributed by atoms with Gasteiger partial charge in [-0.2, -0.15) is 5.10 Å². The Balaban J connectivity index is 1.84. The van der Waals surface area contributed by atoms with E-state index in [9.17, 15) is 4.79 Å². The molecule has 0 aliphatic carbocycles. The molecule has 0 spiro atoms. The molecule has 15 heavy (non-hydrogen) atoms. The first kappa shape index (κ1) is 9.85. The number of amides is 2. The fourth-order valence-corrected chi connectivity index (χ4v) is 1.62. The molecule has 1 aromatic rings. The summed E-state index contributed by atoms with van der Waals surface area (Å²) in [5, 5.41) is 9.10. The van der Waals surface area contributed by atoms with E-state index in [1.54, 1.807) is 6.21 Å². The monoisotopic (exact) mass is 222 g/mol.